The number of hydrogen-bond donors (Lipinski definition) is 0. The number of benzene rings is 1. The molecule has 17 heavy (non-hydrogen) atoms. The van der Waals surface area contributed by atoms with Crippen LogP contribution < -0.4 is 0 Å². The maximum absolute atomic E-state index is 12.2. The van der Waals surface area contributed by atoms with Crippen LogP contribution in [0, 0.1) is 0 Å². The summed E-state index contributed by atoms with van der Waals surface area (Å²) in [5, 5.41) is 0. The third-order valence-electron chi connectivity index (χ3n) is 2.31. The van der Waals surface area contributed by atoms with Crippen molar-refractivity contribution in [3.05, 3.63) is 60.4 Å². The van der Waals surface area contributed by atoms with Crippen LogP contribution in [0.3, 0.4) is 0 Å². The van der Waals surface area contributed by atoms with Gasteiger partial charge in [-0.25, -0.2) is 8.42 Å². The highest BCUT2D eigenvalue weighted by atomic mass is 35.5. The third-order valence-corrected chi connectivity index (χ3v) is 5.01. The predicted molar refractivity (Wildman–Crippen MR) is 66.5 cm³/mol. The summed E-state index contributed by atoms with van der Waals surface area (Å²) in [6.07, 6.45) is 3.04. The molecule has 88 valence electrons. The molecule has 1 atom stereocenters. The summed E-state index contributed by atoms with van der Waals surface area (Å²) in [5.74, 6) is 0. The molecule has 0 N–H and O–H groups in total. The molecule has 0 saturated carbocycles. The van der Waals surface area contributed by atoms with E-state index in [2.05, 4.69) is 4.98 Å². The number of rotatable bonds is 3. The van der Waals surface area contributed by atoms with Crippen LogP contribution in [0.4, 0.5) is 0 Å². The molecule has 1 aromatic carbocycles. The van der Waals surface area contributed by atoms with E-state index < -0.39 is 14.5 Å². The van der Waals surface area contributed by atoms with Gasteiger partial charge >= 0.3 is 0 Å². The van der Waals surface area contributed by atoms with Gasteiger partial charge in [0.15, 0.2) is 14.5 Å². The number of aromatic nitrogens is 1. The fourth-order valence-corrected chi connectivity index (χ4v) is 3.17. The lowest BCUT2D eigenvalue weighted by Crippen LogP contribution is -2.08. The minimum Gasteiger partial charge on any atom is -0.265 e. The Morgan fingerprint density at radius 1 is 1.00 bits per heavy atom. The van der Waals surface area contributed by atoms with E-state index in [-0.39, 0.29) is 4.90 Å². The van der Waals surface area contributed by atoms with Gasteiger partial charge in [-0.3, -0.25) is 4.98 Å². The lowest BCUT2D eigenvalue weighted by atomic mass is 10.3. The van der Waals surface area contributed by atoms with Gasteiger partial charge in [0.05, 0.1) is 4.90 Å². The zero-order chi connectivity index (χ0) is 12.3. The molecule has 0 aliphatic rings. The van der Waals surface area contributed by atoms with Crippen LogP contribution in [-0.4, -0.2) is 13.4 Å². The Morgan fingerprint density at radius 3 is 2.18 bits per heavy atom. The van der Waals surface area contributed by atoms with Gasteiger partial charge in [-0.15, -0.1) is 0 Å². The summed E-state index contributed by atoms with van der Waals surface area (Å²) in [7, 11) is -3.55. The van der Waals surface area contributed by atoms with Crippen molar-refractivity contribution in [3.8, 4) is 0 Å². The van der Waals surface area contributed by atoms with Gasteiger partial charge in [-0.05, 0) is 29.8 Å². The van der Waals surface area contributed by atoms with Crippen LogP contribution in [0.15, 0.2) is 59.8 Å². The topological polar surface area (TPSA) is 47.0 Å². The van der Waals surface area contributed by atoms with Crippen molar-refractivity contribution in [1.82, 2.24) is 4.98 Å². The molecule has 0 amide bonds. The standard InChI is InChI=1S/C12H10ClNO2S/c13-12(10-6-8-14-9-7-10)17(15,16)11-4-2-1-3-5-11/h1-9,12H. The highest BCUT2D eigenvalue weighted by molar-refractivity contribution is 7.92. The first-order valence-corrected chi connectivity index (χ1v) is 6.93. The van der Waals surface area contributed by atoms with Crippen molar-refractivity contribution in [2.24, 2.45) is 0 Å². The average molecular weight is 268 g/mol. The number of pyridine rings is 1. The first-order chi connectivity index (χ1) is 8.12. The Labute approximate surface area is 105 Å². The fraction of sp³-hybridized carbons (Fsp3) is 0.0833. The Bertz CT molecular complexity index is 584. The van der Waals surface area contributed by atoms with Gasteiger partial charge in [0.25, 0.3) is 0 Å². The molecule has 1 unspecified atom stereocenters. The number of nitrogens with zero attached hydrogens (tertiary/aromatic N) is 1. The molecule has 2 rings (SSSR count). The number of sulfone groups is 1. The van der Waals surface area contributed by atoms with Crippen molar-refractivity contribution in [1.29, 1.82) is 0 Å². The average Bonchev–Trinajstić information content (AvgIpc) is 2.40. The van der Waals surface area contributed by atoms with Gasteiger partial charge in [0.1, 0.15) is 0 Å². The second-order valence-corrected chi connectivity index (χ2v) is 6.18. The summed E-state index contributed by atoms with van der Waals surface area (Å²) >= 11 is 6.02. The first-order valence-electron chi connectivity index (χ1n) is 4.95. The molecule has 0 spiro atoms. The van der Waals surface area contributed by atoms with Crippen LogP contribution >= 0.6 is 11.6 Å². The van der Waals surface area contributed by atoms with Crippen LogP contribution in [0.25, 0.3) is 0 Å². The molecule has 0 radical (unpaired) electrons. The normalized spacial score (nSPS) is 13.2. The van der Waals surface area contributed by atoms with Crippen molar-refractivity contribution in [2.75, 3.05) is 0 Å². The molecule has 0 saturated heterocycles. The number of alkyl halides is 1. The monoisotopic (exact) mass is 267 g/mol. The molecule has 0 bridgehead atoms. The first kappa shape index (κ1) is 12.1. The molecular weight excluding hydrogens is 258 g/mol. The minimum absolute atomic E-state index is 0.219. The van der Waals surface area contributed by atoms with Crippen LogP contribution in [0.5, 0.6) is 0 Å². The summed E-state index contributed by atoms with van der Waals surface area (Å²) in [6.45, 7) is 0. The van der Waals surface area contributed by atoms with Gasteiger partial charge in [-0.1, -0.05) is 29.8 Å². The van der Waals surface area contributed by atoms with Crippen molar-refractivity contribution in [3.63, 3.8) is 0 Å². The molecular formula is C12H10ClNO2S. The molecule has 1 aromatic heterocycles. The smallest absolute Gasteiger partial charge is 0.199 e. The van der Waals surface area contributed by atoms with Crippen molar-refractivity contribution in [2.45, 2.75) is 9.60 Å². The molecule has 2 aromatic rings. The van der Waals surface area contributed by atoms with Gasteiger partial charge < -0.3 is 0 Å². The summed E-state index contributed by atoms with van der Waals surface area (Å²) in [4.78, 5) is 4.05. The van der Waals surface area contributed by atoms with E-state index in [1.807, 2.05) is 0 Å². The Hall–Kier alpha value is -1.39. The van der Waals surface area contributed by atoms with Crippen molar-refractivity contribution >= 4 is 21.4 Å². The highest BCUT2D eigenvalue weighted by Crippen LogP contribution is 2.31. The van der Waals surface area contributed by atoms with E-state index in [9.17, 15) is 8.42 Å². The SMILES string of the molecule is O=S(=O)(c1ccccc1)C(Cl)c1ccncc1. The van der Waals surface area contributed by atoms with E-state index in [0.717, 1.165) is 0 Å². The molecule has 3 nitrogen and oxygen atoms in total. The van der Waals surface area contributed by atoms with E-state index >= 15 is 0 Å². The fourth-order valence-electron chi connectivity index (χ4n) is 1.42. The maximum atomic E-state index is 12.2. The molecule has 0 aliphatic heterocycles. The Balaban J connectivity index is 2.41. The van der Waals surface area contributed by atoms with Crippen molar-refractivity contribution < 1.29 is 8.42 Å². The Morgan fingerprint density at radius 2 is 1.59 bits per heavy atom. The van der Waals surface area contributed by atoms with Gasteiger partial charge in [-0.2, -0.15) is 0 Å². The second kappa shape index (κ2) is 4.85. The summed E-state index contributed by atoms with van der Waals surface area (Å²) in [6, 6.07) is 11.4. The number of halogens is 1. The molecule has 5 heteroatoms. The van der Waals surface area contributed by atoms with E-state index in [1.54, 1.807) is 30.3 Å². The van der Waals surface area contributed by atoms with Crippen LogP contribution in [0.1, 0.15) is 10.3 Å². The zero-order valence-corrected chi connectivity index (χ0v) is 10.4. The number of hydrogen-bond acceptors (Lipinski definition) is 3. The lowest BCUT2D eigenvalue weighted by Gasteiger charge is -2.10. The second-order valence-electron chi connectivity index (χ2n) is 3.45. The van der Waals surface area contributed by atoms with Gasteiger partial charge in [0, 0.05) is 12.4 Å². The summed E-state index contributed by atoms with van der Waals surface area (Å²) < 4.78 is 23.3. The minimum atomic E-state index is -3.55. The quantitative estimate of drug-likeness (QED) is 0.804. The van der Waals surface area contributed by atoms with Gasteiger partial charge in [0.2, 0.25) is 0 Å². The largest absolute Gasteiger partial charge is 0.265 e. The maximum Gasteiger partial charge on any atom is 0.199 e. The van der Waals surface area contributed by atoms with Crippen LogP contribution in [0.2, 0.25) is 0 Å². The third kappa shape index (κ3) is 2.48. The highest BCUT2D eigenvalue weighted by Gasteiger charge is 2.26. The predicted octanol–water partition coefficient (Wildman–Crippen LogP) is 2.79. The van der Waals surface area contributed by atoms with E-state index in [4.69, 9.17) is 11.6 Å². The van der Waals surface area contributed by atoms with E-state index in [1.165, 1.54) is 24.5 Å². The molecule has 0 aliphatic carbocycles. The molecule has 1 heterocycles. The lowest BCUT2D eigenvalue weighted by molar-refractivity contribution is 0.593. The van der Waals surface area contributed by atoms with Crippen LogP contribution in [-0.2, 0) is 9.84 Å². The summed E-state index contributed by atoms with van der Waals surface area (Å²) in [5.41, 5.74) is 0.519. The Kier molecular flexibility index (Phi) is 3.45. The van der Waals surface area contributed by atoms with E-state index in [0.29, 0.717) is 5.56 Å². The zero-order valence-electron chi connectivity index (χ0n) is 8.82. The molecule has 0 fully saturated rings.